The summed E-state index contributed by atoms with van der Waals surface area (Å²) in [5, 5.41) is 11.8. The Bertz CT molecular complexity index is 4780. The molecule has 0 atom stereocenters. The number of hydrogen-bond acceptors (Lipinski definition) is 2. The highest BCUT2D eigenvalue weighted by atomic mass is 15.2. The summed E-state index contributed by atoms with van der Waals surface area (Å²) < 4.78 is 104. The number of benzene rings is 13. The van der Waals surface area contributed by atoms with Gasteiger partial charge in [0.05, 0.1) is 26.5 Å². The molecule has 2 heterocycles. The minimum atomic E-state index is -1.00. The number of rotatable bonds is 2. The van der Waals surface area contributed by atoms with Crippen LogP contribution in [-0.2, 0) is 0 Å². The molecule has 13 aromatic carbocycles. The van der Waals surface area contributed by atoms with Crippen molar-refractivity contribution in [2.75, 3.05) is 9.80 Å². The second-order valence-electron chi connectivity index (χ2n) is 17.0. The van der Waals surface area contributed by atoms with Crippen LogP contribution in [0, 0.1) is 0 Å². The Balaban J connectivity index is 1.19. The second-order valence-corrected chi connectivity index (χ2v) is 17.0. The van der Waals surface area contributed by atoms with Gasteiger partial charge >= 0.3 is 0 Å². The fourth-order valence-corrected chi connectivity index (χ4v) is 11.4. The molecule has 0 aliphatic carbocycles. The molecule has 0 unspecified atom stereocenters. The fraction of sp³-hybridized carbons (Fsp3) is 0. The molecule has 0 saturated carbocycles. The third-order valence-corrected chi connectivity index (χ3v) is 13.9. The molecular weight excluding hydrogens is 784 g/mol. The van der Waals surface area contributed by atoms with Crippen LogP contribution in [0.25, 0.3) is 86.2 Å². The van der Waals surface area contributed by atoms with Crippen LogP contribution in [0.15, 0.2) is 224 Å². The van der Waals surface area contributed by atoms with E-state index in [2.05, 4.69) is 65.6 Å². The molecule has 0 bridgehead atoms. The first kappa shape index (κ1) is 26.3. The van der Waals surface area contributed by atoms with Gasteiger partial charge in [-0.15, -0.1) is 0 Å². The van der Waals surface area contributed by atoms with Crippen molar-refractivity contribution in [3.8, 4) is 0 Å². The summed E-state index contributed by atoms with van der Waals surface area (Å²) in [6.07, 6.45) is 0. The number of hydrogen-bond donors (Lipinski definition) is 0. The van der Waals surface area contributed by atoms with Crippen molar-refractivity contribution in [3.05, 3.63) is 224 Å². The first-order valence-corrected chi connectivity index (χ1v) is 21.8. The van der Waals surface area contributed by atoms with Crippen LogP contribution in [0.4, 0.5) is 34.1 Å². The number of anilines is 6. The van der Waals surface area contributed by atoms with E-state index in [0.29, 0.717) is 39.4 Å². The molecule has 0 spiro atoms. The Morgan fingerprint density at radius 2 is 0.662 bits per heavy atom. The predicted molar refractivity (Wildman–Crippen MR) is 281 cm³/mol. The van der Waals surface area contributed by atoms with Gasteiger partial charge in [0, 0.05) is 44.3 Å². The van der Waals surface area contributed by atoms with Gasteiger partial charge in [-0.3, -0.25) is 0 Å². The molecule has 0 radical (unpaired) electrons. The van der Waals surface area contributed by atoms with Crippen molar-refractivity contribution >= 4 is 143 Å². The predicted octanol–water partition coefficient (Wildman–Crippen LogP) is 15.0. The molecule has 2 nitrogen and oxygen atoms in total. The van der Waals surface area contributed by atoms with Gasteiger partial charge in [-0.2, -0.15) is 0 Å². The monoisotopic (exact) mass is 831 g/mol. The van der Waals surface area contributed by atoms with Crippen LogP contribution < -0.4 is 26.2 Å². The maximum Gasteiger partial charge on any atom is 0.252 e. The van der Waals surface area contributed by atoms with Crippen LogP contribution in [0.5, 0.6) is 0 Å². The summed E-state index contributed by atoms with van der Waals surface area (Å²) in [6.45, 7) is -1.00. The van der Waals surface area contributed by atoms with Gasteiger partial charge in [0.25, 0.3) is 6.71 Å². The standard InChI is InChI=1S/C62H37BN2/c1-3-18-40-38(16-1)34-36-52-61(40)64(54-30-13-28-50-46-22-7-5-20-42(46)44-24-9-11-26-48(44)58(50)54)56-32-15-33-57-60(56)63(52)53-37-35-39-17-2-4-19-41(39)62(53)65(57)55-31-14-29-51-47-23-8-6-21-43(47)45-25-10-12-27-49(45)59(51)55/h1-37H/i1D,2D,3D,4D,16D,17D,18D,19D,34D,35D,36D. The SMILES string of the molecule is [2H]c1c([2H])c([2H])c2c3c(cc([2H])c2c1[2H])B1c2c(cccc2N(c2cccc4c5ccccc5c5ccccc5c24)c2c1c([2H])c([2H])c1c([2H])c([2H])c([2H])c([2H])c21)N3c1cccc2c3ccccc3c3ccccc3c12. The van der Waals surface area contributed by atoms with Crippen LogP contribution in [0.1, 0.15) is 15.1 Å². The molecule has 0 N–H and O–H groups in total. The highest BCUT2D eigenvalue weighted by Crippen LogP contribution is 2.52. The summed E-state index contributed by atoms with van der Waals surface area (Å²) in [4.78, 5) is 4.10. The molecule has 15 rings (SSSR count). The molecular formula is C62H37BN2. The van der Waals surface area contributed by atoms with E-state index in [-0.39, 0.29) is 68.9 Å². The maximum atomic E-state index is 10.3. The highest BCUT2D eigenvalue weighted by molar-refractivity contribution is 7.00. The first-order chi connectivity index (χ1) is 36.9. The topological polar surface area (TPSA) is 6.48 Å². The smallest absolute Gasteiger partial charge is 0.252 e. The summed E-state index contributed by atoms with van der Waals surface area (Å²) in [7, 11) is 0. The van der Waals surface area contributed by atoms with E-state index >= 15 is 0 Å². The van der Waals surface area contributed by atoms with Gasteiger partial charge in [-0.25, -0.2) is 0 Å². The van der Waals surface area contributed by atoms with Crippen LogP contribution in [0.2, 0.25) is 0 Å². The third kappa shape index (κ3) is 4.64. The summed E-state index contributed by atoms with van der Waals surface area (Å²) >= 11 is 0. The van der Waals surface area contributed by atoms with Gasteiger partial charge in [0.2, 0.25) is 0 Å². The molecule has 2 aliphatic heterocycles. The zero-order valence-corrected chi connectivity index (χ0v) is 34.5. The van der Waals surface area contributed by atoms with Gasteiger partial charge in [-0.05, 0) is 105 Å². The van der Waals surface area contributed by atoms with E-state index in [4.69, 9.17) is 2.74 Å². The molecule has 0 amide bonds. The lowest BCUT2D eigenvalue weighted by Gasteiger charge is -2.45. The lowest BCUT2D eigenvalue weighted by Crippen LogP contribution is -2.61. The lowest BCUT2D eigenvalue weighted by molar-refractivity contribution is 1.28. The minimum Gasteiger partial charge on any atom is -0.310 e. The fourth-order valence-electron chi connectivity index (χ4n) is 11.4. The van der Waals surface area contributed by atoms with E-state index in [1.54, 1.807) is 6.07 Å². The molecule has 0 aromatic heterocycles. The van der Waals surface area contributed by atoms with Crippen molar-refractivity contribution in [1.82, 2.24) is 0 Å². The van der Waals surface area contributed by atoms with Crippen molar-refractivity contribution < 1.29 is 15.1 Å². The summed E-state index contributed by atoms with van der Waals surface area (Å²) in [5.74, 6) is 0. The zero-order valence-electron chi connectivity index (χ0n) is 45.5. The van der Waals surface area contributed by atoms with Crippen molar-refractivity contribution in [1.29, 1.82) is 0 Å². The Morgan fingerprint density at radius 1 is 0.292 bits per heavy atom. The van der Waals surface area contributed by atoms with Crippen LogP contribution >= 0.6 is 0 Å². The maximum absolute atomic E-state index is 10.3. The van der Waals surface area contributed by atoms with Gasteiger partial charge in [-0.1, -0.05) is 200 Å². The largest absolute Gasteiger partial charge is 0.310 e. The van der Waals surface area contributed by atoms with E-state index in [1.807, 2.05) is 95.9 Å². The lowest BCUT2D eigenvalue weighted by atomic mass is 9.33. The van der Waals surface area contributed by atoms with E-state index in [9.17, 15) is 12.3 Å². The number of nitrogens with zero attached hydrogens (tertiary/aromatic N) is 2. The molecule has 13 aromatic rings. The highest BCUT2D eigenvalue weighted by Gasteiger charge is 2.45. The van der Waals surface area contributed by atoms with Gasteiger partial charge < -0.3 is 9.80 Å². The van der Waals surface area contributed by atoms with Gasteiger partial charge in [0.15, 0.2) is 0 Å². The van der Waals surface area contributed by atoms with E-state index < -0.39 is 36.9 Å². The van der Waals surface area contributed by atoms with Crippen molar-refractivity contribution in [2.24, 2.45) is 0 Å². The van der Waals surface area contributed by atoms with Crippen molar-refractivity contribution in [3.63, 3.8) is 0 Å². The molecule has 298 valence electrons. The average molecular weight is 832 g/mol. The average Bonchev–Trinajstić information content (AvgIpc) is 3.44. The van der Waals surface area contributed by atoms with Gasteiger partial charge in [0.1, 0.15) is 0 Å². The molecule has 65 heavy (non-hydrogen) atoms. The molecule has 3 heteroatoms. The Morgan fingerprint density at radius 3 is 1.15 bits per heavy atom. The molecule has 2 aliphatic rings. The Labute approximate surface area is 391 Å². The second kappa shape index (κ2) is 13.1. The van der Waals surface area contributed by atoms with E-state index in [1.165, 1.54) is 0 Å². The normalized spacial score (nSPS) is 15.5. The number of fused-ring (bicyclic) bond motifs is 20. The summed E-state index contributed by atoms with van der Waals surface area (Å²) in [6, 6.07) is 48.4. The third-order valence-electron chi connectivity index (χ3n) is 13.9. The minimum absolute atomic E-state index is 0.0253. The van der Waals surface area contributed by atoms with Crippen LogP contribution in [-0.4, -0.2) is 6.71 Å². The Hall–Kier alpha value is -8.40. The van der Waals surface area contributed by atoms with Crippen LogP contribution in [0.3, 0.4) is 0 Å². The van der Waals surface area contributed by atoms with Crippen molar-refractivity contribution in [2.45, 2.75) is 0 Å². The summed E-state index contributed by atoms with van der Waals surface area (Å²) in [5.41, 5.74) is 4.67. The molecule has 0 fully saturated rings. The quantitative estimate of drug-likeness (QED) is 0.126. The molecule has 0 saturated heterocycles. The zero-order chi connectivity index (χ0) is 51.9. The van der Waals surface area contributed by atoms with E-state index in [0.717, 1.165) is 64.6 Å². The first-order valence-electron chi connectivity index (χ1n) is 27.3. The Kier molecular flexibility index (Phi) is 5.29.